The van der Waals surface area contributed by atoms with E-state index in [2.05, 4.69) is 17.1 Å². The standard InChI is InChI=1S/C9H5N/c1-2-4-9-7-10-6-5-8(9)3-1/h3-7H/p+1. The van der Waals surface area contributed by atoms with E-state index in [-0.39, 0.29) is 0 Å². The average Bonchev–Trinajstić information content (AvgIpc) is 2.05. The molecule has 0 spiro atoms. The number of nitrogens with one attached hydrogen (secondary N) is 1. The van der Waals surface area contributed by atoms with Crippen molar-refractivity contribution in [2.24, 2.45) is 0 Å². The maximum absolute atomic E-state index is 3.00. The summed E-state index contributed by atoms with van der Waals surface area (Å²) in [6, 6.07) is 11.6. The molecule has 0 unspecified atom stereocenters. The van der Waals surface area contributed by atoms with Gasteiger partial charge in [0.05, 0.1) is 5.39 Å². The van der Waals surface area contributed by atoms with E-state index < -0.39 is 0 Å². The minimum atomic E-state index is 1.17. The third kappa shape index (κ3) is 0.708. The highest BCUT2D eigenvalue weighted by atomic mass is 14.6. The molecule has 0 amide bonds. The molecule has 0 aliphatic heterocycles. The van der Waals surface area contributed by atoms with Crippen molar-refractivity contribution < 1.29 is 4.98 Å². The number of H-pyrrole nitrogens is 1. The molecule has 2 rings (SSSR count). The van der Waals surface area contributed by atoms with Gasteiger partial charge in [0.1, 0.15) is 0 Å². The molecule has 1 aromatic carbocycles. The van der Waals surface area contributed by atoms with Crippen LogP contribution in [0.1, 0.15) is 0 Å². The molecule has 1 aromatic heterocycles. The summed E-state index contributed by atoms with van der Waals surface area (Å²) in [6.07, 6.45) is 3.84. The molecular formula is C9H6N+. The van der Waals surface area contributed by atoms with Gasteiger partial charge < -0.3 is 0 Å². The van der Waals surface area contributed by atoms with Crippen LogP contribution in [0, 0.1) is 12.1 Å². The van der Waals surface area contributed by atoms with Crippen LogP contribution in [0.15, 0.2) is 30.6 Å². The van der Waals surface area contributed by atoms with E-state index in [1.807, 2.05) is 30.6 Å². The zero-order valence-corrected chi connectivity index (χ0v) is 5.39. The van der Waals surface area contributed by atoms with Gasteiger partial charge in [-0.05, 0) is 6.07 Å². The Bertz CT molecular complexity index is 276. The molecule has 0 aliphatic carbocycles. The average molecular weight is 128 g/mol. The number of aromatic nitrogens is 1. The highest BCUT2D eigenvalue weighted by Crippen LogP contribution is 2.05. The van der Waals surface area contributed by atoms with Crippen LogP contribution in [-0.2, 0) is 0 Å². The van der Waals surface area contributed by atoms with Crippen LogP contribution in [0.3, 0.4) is 0 Å². The van der Waals surface area contributed by atoms with Crippen molar-refractivity contribution in [3.8, 4) is 0 Å². The Morgan fingerprint density at radius 3 is 2.70 bits per heavy atom. The molecule has 1 heterocycles. The largest absolute Gasteiger partial charge is 0.217 e. The van der Waals surface area contributed by atoms with Crippen molar-refractivity contribution in [3.63, 3.8) is 0 Å². The summed E-state index contributed by atoms with van der Waals surface area (Å²) in [7, 11) is 0. The minimum absolute atomic E-state index is 1.17. The molecule has 2 aromatic rings. The molecule has 1 heteroatoms. The van der Waals surface area contributed by atoms with E-state index in [4.69, 9.17) is 0 Å². The number of hydrogen-bond acceptors (Lipinski definition) is 0. The first kappa shape index (κ1) is 5.25. The summed E-state index contributed by atoms with van der Waals surface area (Å²) in [4.78, 5) is 3.00. The molecular weight excluding hydrogens is 122 g/mol. The highest BCUT2D eigenvalue weighted by Gasteiger charge is 1.89. The van der Waals surface area contributed by atoms with E-state index in [9.17, 15) is 0 Å². The number of rotatable bonds is 0. The molecule has 0 saturated carbocycles. The second-order valence-corrected chi connectivity index (χ2v) is 2.13. The Kier molecular flexibility index (Phi) is 1.05. The number of fused-ring (bicyclic) bond motifs is 1. The summed E-state index contributed by atoms with van der Waals surface area (Å²) in [5.74, 6) is 0. The smallest absolute Gasteiger partial charge is 0.175 e. The predicted molar refractivity (Wildman–Crippen MR) is 38.2 cm³/mol. The topological polar surface area (TPSA) is 14.1 Å². The van der Waals surface area contributed by atoms with Gasteiger partial charge in [0.25, 0.3) is 0 Å². The fourth-order valence-electron chi connectivity index (χ4n) is 0.951. The third-order valence-corrected chi connectivity index (χ3v) is 1.47. The summed E-state index contributed by atoms with van der Waals surface area (Å²) < 4.78 is 0. The van der Waals surface area contributed by atoms with Gasteiger partial charge in [-0.3, -0.25) is 0 Å². The lowest BCUT2D eigenvalue weighted by atomic mass is 10.2. The molecule has 0 atom stereocenters. The lowest BCUT2D eigenvalue weighted by Gasteiger charge is -1.84. The molecule has 0 fully saturated rings. The van der Waals surface area contributed by atoms with Gasteiger partial charge in [-0.15, -0.1) is 0 Å². The molecule has 1 nitrogen and oxygen atoms in total. The second-order valence-electron chi connectivity index (χ2n) is 2.13. The molecule has 46 valence electrons. The lowest BCUT2D eigenvalue weighted by Crippen LogP contribution is -1.96. The lowest BCUT2D eigenvalue weighted by molar-refractivity contribution is -0.375. The predicted octanol–water partition coefficient (Wildman–Crippen LogP) is 1.25. The van der Waals surface area contributed by atoms with E-state index >= 15 is 0 Å². The molecule has 1 N–H and O–H groups in total. The molecule has 0 bridgehead atoms. The van der Waals surface area contributed by atoms with E-state index in [0.717, 1.165) is 0 Å². The molecule has 0 saturated heterocycles. The third-order valence-electron chi connectivity index (χ3n) is 1.47. The SMILES string of the molecule is c1cc2cc[nH+]cc2cc#1. The van der Waals surface area contributed by atoms with Gasteiger partial charge in [-0.2, -0.15) is 0 Å². The quantitative estimate of drug-likeness (QED) is 0.507. The van der Waals surface area contributed by atoms with Crippen LogP contribution in [0.25, 0.3) is 10.8 Å². The van der Waals surface area contributed by atoms with Gasteiger partial charge in [0.2, 0.25) is 0 Å². The summed E-state index contributed by atoms with van der Waals surface area (Å²) >= 11 is 0. The zero-order chi connectivity index (χ0) is 6.81. The van der Waals surface area contributed by atoms with Crippen molar-refractivity contribution in [2.45, 2.75) is 0 Å². The van der Waals surface area contributed by atoms with Crippen LogP contribution in [0.5, 0.6) is 0 Å². The van der Waals surface area contributed by atoms with Gasteiger partial charge in [-0.25, -0.2) is 4.98 Å². The Balaban J connectivity index is 2.89. The fraction of sp³-hybridized carbons (Fsp3) is 0. The first-order valence-corrected chi connectivity index (χ1v) is 3.14. The maximum Gasteiger partial charge on any atom is 0.175 e. The molecule has 0 radical (unpaired) electrons. The summed E-state index contributed by atoms with van der Waals surface area (Å²) in [5.41, 5.74) is 0. The van der Waals surface area contributed by atoms with E-state index in [1.54, 1.807) is 0 Å². The van der Waals surface area contributed by atoms with Crippen molar-refractivity contribution >= 4 is 10.8 Å². The monoisotopic (exact) mass is 128 g/mol. The van der Waals surface area contributed by atoms with Gasteiger partial charge in [-0.1, -0.05) is 12.1 Å². The van der Waals surface area contributed by atoms with Crippen molar-refractivity contribution in [3.05, 3.63) is 42.7 Å². The summed E-state index contributed by atoms with van der Waals surface area (Å²) in [6.45, 7) is 0. The van der Waals surface area contributed by atoms with Crippen LogP contribution in [-0.4, -0.2) is 0 Å². The van der Waals surface area contributed by atoms with Crippen molar-refractivity contribution in [1.82, 2.24) is 0 Å². The Labute approximate surface area is 59.3 Å². The minimum Gasteiger partial charge on any atom is -0.217 e. The summed E-state index contributed by atoms with van der Waals surface area (Å²) in [5, 5.41) is 2.36. The van der Waals surface area contributed by atoms with E-state index in [1.165, 1.54) is 10.8 Å². The Morgan fingerprint density at radius 1 is 1.10 bits per heavy atom. The maximum atomic E-state index is 3.00. The van der Waals surface area contributed by atoms with Gasteiger partial charge >= 0.3 is 0 Å². The Hall–Kier alpha value is -1.55. The number of hydrogen-bond donors (Lipinski definition) is 0. The van der Waals surface area contributed by atoms with Crippen LogP contribution < -0.4 is 4.98 Å². The van der Waals surface area contributed by atoms with Gasteiger partial charge in [0, 0.05) is 17.5 Å². The van der Waals surface area contributed by atoms with Crippen LogP contribution in [0.4, 0.5) is 0 Å². The zero-order valence-electron chi connectivity index (χ0n) is 5.39. The van der Waals surface area contributed by atoms with Crippen LogP contribution in [0.2, 0.25) is 0 Å². The van der Waals surface area contributed by atoms with Crippen molar-refractivity contribution in [1.29, 1.82) is 0 Å². The van der Waals surface area contributed by atoms with Gasteiger partial charge in [0.15, 0.2) is 12.4 Å². The number of pyridine rings is 1. The second kappa shape index (κ2) is 2.00. The Morgan fingerprint density at radius 2 is 1.90 bits per heavy atom. The van der Waals surface area contributed by atoms with E-state index in [0.29, 0.717) is 0 Å². The van der Waals surface area contributed by atoms with Crippen LogP contribution >= 0.6 is 0 Å². The molecule has 10 heavy (non-hydrogen) atoms. The first-order valence-electron chi connectivity index (χ1n) is 3.14. The highest BCUT2D eigenvalue weighted by molar-refractivity contribution is 5.79. The fourth-order valence-corrected chi connectivity index (χ4v) is 0.951. The first-order chi connectivity index (χ1) is 4.97. The van der Waals surface area contributed by atoms with Crippen molar-refractivity contribution in [2.75, 3.05) is 0 Å². The normalized spacial score (nSPS) is 9.20. The number of aromatic amines is 1. The molecule has 0 aliphatic rings.